The third kappa shape index (κ3) is 126. The molecule has 2 atom stereocenters. The van der Waals surface area contributed by atoms with Gasteiger partial charge in [0.1, 0.15) is 9.84 Å². The summed E-state index contributed by atoms with van der Waals surface area (Å²) in [6.45, 7) is 1.41. The first-order valence-corrected chi connectivity index (χ1v) is 19.1. The summed E-state index contributed by atoms with van der Waals surface area (Å²) in [6, 6.07) is 0. The van der Waals surface area contributed by atoms with Gasteiger partial charge in [0.25, 0.3) is 10.1 Å². The Morgan fingerprint density at radius 3 is 0.909 bits per heavy atom. The molecule has 0 aliphatic rings. The zero-order chi connectivity index (χ0) is 28.6. The standard InChI is InChI=1S/C3H9NOS.C3H9O3P.C2H6O3S.2C2H6O2S.C2H6OS/c1-4(2)6(3)5;1-5-7(3,4)6-2;1-5-6(2,3)4;1-5(2,3)4;1-4-5(2)3;1-4(2)3/h1-3H3;1-3H3;1-2H3;2*1-2H3;1-2H3. The first-order valence-electron chi connectivity index (χ1n) is 8.06. The molecule has 0 saturated carbocycles. The highest BCUT2D eigenvalue weighted by molar-refractivity contribution is 7.90. The minimum atomic E-state index is -3.16. The third-order valence-electron chi connectivity index (χ3n) is 1.71. The maximum Gasteiger partial charge on any atom is 0.327 e. The second-order valence-corrected chi connectivity index (χ2v) is 16.2. The Morgan fingerprint density at radius 1 is 0.758 bits per heavy atom. The van der Waals surface area contributed by atoms with Crippen LogP contribution in [0.1, 0.15) is 0 Å². The van der Waals surface area contributed by atoms with E-state index in [-0.39, 0.29) is 0 Å². The largest absolute Gasteiger partial charge is 0.327 e. The van der Waals surface area contributed by atoms with E-state index < -0.39 is 60.4 Å². The average molecular weight is 608 g/mol. The first-order chi connectivity index (χ1) is 14.3. The fourth-order valence-corrected chi connectivity index (χ4v) is 0.224. The second kappa shape index (κ2) is 27.0. The molecule has 0 spiro atoms. The maximum absolute atomic E-state index is 10.5. The lowest BCUT2D eigenvalue weighted by Gasteiger charge is -2.04. The molecule has 0 fully saturated rings. The number of sulfone groups is 1. The van der Waals surface area contributed by atoms with Crippen molar-refractivity contribution in [1.29, 1.82) is 0 Å². The third-order valence-corrected chi connectivity index (χ3v) is 5.14. The topological polar surface area (TPSA) is 177 Å². The first kappa shape index (κ1) is 46.7. The van der Waals surface area contributed by atoms with Crippen LogP contribution in [0.2, 0.25) is 0 Å². The number of hydrogen-bond acceptors (Lipinski definition) is 12. The molecule has 33 heavy (non-hydrogen) atoms. The summed E-state index contributed by atoms with van der Waals surface area (Å²) in [5.41, 5.74) is 0. The van der Waals surface area contributed by atoms with Gasteiger partial charge in [0.05, 0.1) is 31.5 Å². The zero-order valence-corrected chi connectivity index (χ0v) is 26.8. The van der Waals surface area contributed by atoms with Crippen molar-refractivity contribution in [3.8, 4) is 0 Å². The summed E-state index contributed by atoms with van der Waals surface area (Å²) < 4.78 is 97.4. The van der Waals surface area contributed by atoms with Gasteiger partial charge in [-0.05, 0) is 14.1 Å². The SMILES string of the molecule is CN(C)S(C)=O.COP(C)(=O)OC.COS(C)(=O)=O.COS(C)=O.CS(C)(=O)=O.CS(C)=O. The van der Waals surface area contributed by atoms with Crippen LogP contribution in [-0.2, 0) is 74.8 Å². The highest BCUT2D eigenvalue weighted by Gasteiger charge is 2.08. The molecule has 0 aromatic rings. The lowest BCUT2D eigenvalue weighted by molar-refractivity contribution is 0.282. The molecular weight excluding hydrogens is 565 g/mol. The molecule has 2 unspecified atom stereocenters. The summed E-state index contributed by atoms with van der Waals surface area (Å²) in [4.78, 5) is 0. The van der Waals surface area contributed by atoms with E-state index in [9.17, 15) is 34.0 Å². The van der Waals surface area contributed by atoms with Crippen LogP contribution in [0.3, 0.4) is 0 Å². The zero-order valence-electron chi connectivity index (χ0n) is 21.8. The molecule has 13 nitrogen and oxygen atoms in total. The van der Waals surface area contributed by atoms with Crippen molar-refractivity contribution in [2.45, 2.75) is 0 Å². The van der Waals surface area contributed by atoms with E-state index in [1.807, 2.05) is 0 Å². The van der Waals surface area contributed by atoms with Gasteiger partial charge in [-0.15, -0.1) is 0 Å². The summed E-state index contributed by atoms with van der Waals surface area (Å²) in [6.07, 6.45) is 9.70. The summed E-state index contributed by atoms with van der Waals surface area (Å²) in [5, 5.41) is 0. The highest BCUT2D eigenvalue weighted by atomic mass is 32.2. The van der Waals surface area contributed by atoms with Crippen LogP contribution in [0.15, 0.2) is 0 Å². The number of hydrogen-bond donors (Lipinski definition) is 0. The smallest absolute Gasteiger partial charge is 0.312 e. The second-order valence-electron chi connectivity index (χ2n) is 5.70. The minimum absolute atomic E-state index is 0.611. The van der Waals surface area contributed by atoms with Crippen LogP contribution in [0, 0.1) is 0 Å². The molecule has 0 aromatic carbocycles. The molecule has 0 radical (unpaired) electrons. The van der Waals surface area contributed by atoms with Crippen LogP contribution in [0.5, 0.6) is 0 Å². The van der Waals surface area contributed by atoms with E-state index in [1.165, 1.54) is 34.2 Å². The normalized spacial score (nSPS) is 12.5. The maximum atomic E-state index is 10.5. The van der Waals surface area contributed by atoms with Gasteiger partial charge in [0.15, 0.2) is 11.1 Å². The Bertz CT molecular complexity index is 749. The molecule has 210 valence electrons. The fourth-order valence-electron chi connectivity index (χ4n) is 0.0745. The van der Waals surface area contributed by atoms with Gasteiger partial charge >= 0.3 is 7.60 Å². The van der Waals surface area contributed by atoms with Crippen molar-refractivity contribution in [3.05, 3.63) is 0 Å². The van der Waals surface area contributed by atoms with Gasteiger partial charge in [-0.3, -0.25) is 17.1 Å². The molecule has 0 aliphatic carbocycles. The van der Waals surface area contributed by atoms with Gasteiger partial charge in [-0.2, -0.15) is 8.42 Å². The average Bonchev–Trinajstić information content (AvgIpc) is 2.60. The van der Waals surface area contributed by atoms with E-state index in [4.69, 9.17) is 0 Å². The Morgan fingerprint density at radius 2 is 0.909 bits per heavy atom. The van der Waals surface area contributed by atoms with Gasteiger partial charge in [0.2, 0.25) is 0 Å². The number of rotatable bonds is 5. The number of nitrogens with zero attached hydrogens (tertiary/aromatic N) is 1. The van der Waals surface area contributed by atoms with Gasteiger partial charge < -0.3 is 9.05 Å². The van der Waals surface area contributed by atoms with Crippen molar-refractivity contribution in [2.75, 3.05) is 93.0 Å². The van der Waals surface area contributed by atoms with Crippen LogP contribution >= 0.6 is 7.60 Å². The predicted octanol–water partition coefficient (Wildman–Crippen LogP) is 0.118. The molecule has 0 bridgehead atoms. The Balaban J connectivity index is -0.0000000668. The molecule has 0 rings (SSSR count). The minimum Gasteiger partial charge on any atom is -0.312 e. The van der Waals surface area contributed by atoms with Crippen molar-refractivity contribution in [1.82, 2.24) is 4.31 Å². The van der Waals surface area contributed by atoms with E-state index in [0.29, 0.717) is 0 Å². The van der Waals surface area contributed by atoms with Crippen molar-refractivity contribution >= 4 is 60.4 Å². The lowest BCUT2D eigenvalue weighted by atomic mass is 11.3. The van der Waals surface area contributed by atoms with Gasteiger partial charge in [0, 0.05) is 69.2 Å². The highest BCUT2D eigenvalue weighted by Crippen LogP contribution is 2.40. The van der Waals surface area contributed by atoms with Crippen molar-refractivity contribution in [3.63, 3.8) is 0 Å². The van der Waals surface area contributed by atoms with Crippen molar-refractivity contribution in [2.24, 2.45) is 0 Å². The van der Waals surface area contributed by atoms with Crippen molar-refractivity contribution < 1.29 is 51.4 Å². The molecule has 0 N–H and O–H groups in total. The van der Waals surface area contributed by atoms with E-state index in [0.717, 1.165) is 25.9 Å². The summed E-state index contributed by atoms with van der Waals surface area (Å²) in [7, 11) is -1.11. The molecule has 0 aromatic heterocycles. The Kier molecular flexibility index (Phi) is 38.2. The van der Waals surface area contributed by atoms with Crippen LogP contribution in [-0.4, -0.2) is 127 Å². The molecular formula is C14H42NO12PS5. The summed E-state index contributed by atoms with van der Waals surface area (Å²) in [5.74, 6) is 0. The molecule has 0 aliphatic heterocycles. The van der Waals surface area contributed by atoms with Gasteiger partial charge in [-0.25, -0.2) is 21.1 Å². The van der Waals surface area contributed by atoms with Gasteiger partial charge in [-0.1, -0.05) is 0 Å². The molecule has 19 heteroatoms. The van der Waals surface area contributed by atoms with E-state index >= 15 is 0 Å². The monoisotopic (exact) mass is 607 g/mol. The van der Waals surface area contributed by atoms with Crippen LogP contribution in [0.25, 0.3) is 0 Å². The Labute approximate surface area is 208 Å². The molecule has 0 amide bonds. The predicted molar refractivity (Wildman–Crippen MR) is 139 cm³/mol. The lowest BCUT2D eigenvalue weighted by Crippen LogP contribution is -2.12. The Hall–Kier alpha value is 0.380. The molecule has 0 saturated heterocycles. The fraction of sp³-hybridized carbons (Fsp3) is 1.00. The van der Waals surface area contributed by atoms with E-state index in [2.05, 4.69) is 17.4 Å². The summed E-state index contributed by atoms with van der Waals surface area (Å²) >= 11 is -1.07. The van der Waals surface area contributed by atoms with Crippen LogP contribution < -0.4 is 0 Å². The van der Waals surface area contributed by atoms with E-state index in [1.54, 1.807) is 37.2 Å². The molecule has 0 heterocycles. The van der Waals surface area contributed by atoms with Crippen LogP contribution in [0.4, 0.5) is 0 Å². The quantitative estimate of drug-likeness (QED) is 0.305.